The predicted octanol–water partition coefficient (Wildman–Crippen LogP) is 2.96. The maximum Gasteiger partial charge on any atom is 0.246 e. The zero-order valence-electron chi connectivity index (χ0n) is 22.5. The number of benzene rings is 1. The Balaban J connectivity index is 1.81. The maximum atomic E-state index is 14.3. The summed E-state index contributed by atoms with van der Waals surface area (Å²) in [6, 6.07) is 7.68. The minimum atomic E-state index is -1.14. The van der Waals surface area contributed by atoms with Crippen LogP contribution < -0.4 is 10.6 Å². The molecule has 1 aromatic carbocycles. The van der Waals surface area contributed by atoms with Crippen molar-refractivity contribution in [3.63, 3.8) is 0 Å². The zero-order valence-corrected chi connectivity index (χ0v) is 22.5. The summed E-state index contributed by atoms with van der Waals surface area (Å²) < 4.78 is 6.75. The molecule has 3 aliphatic rings. The molecular formula is C28H41N3O5. The lowest BCUT2D eigenvalue weighted by molar-refractivity contribution is -0.151. The van der Waals surface area contributed by atoms with Gasteiger partial charge >= 0.3 is 0 Å². The highest BCUT2D eigenvalue weighted by atomic mass is 16.5. The smallest absolute Gasteiger partial charge is 0.246 e. The third-order valence-corrected chi connectivity index (χ3v) is 8.67. The van der Waals surface area contributed by atoms with Crippen molar-refractivity contribution in [2.75, 3.05) is 11.9 Å². The van der Waals surface area contributed by atoms with Crippen molar-refractivity contribution in [2.24, 2.45) is 23.7 Å². The number of aliphatic hydroxyl groups is 1. The molecule has 198 valence electrons. The van der Waals surface area contributed by atoms with Crippen molar-refractivity contribution < 1.29 is 24.2 Å². The van der Waals surface area contributed by atoms with Gasteiger partial charge in [0.25, 0.3) is 0 Å². The Kier molecular flexibility index (Phi) is 6.75. The second-order valence-electron chi connectivity index (χ2n) is 12.2. The number of amides is 3. The second-order valence-corrected chi connectivity index (χ2v) is 12.2. The van der Waals surface area contributed by atoms with Gasteiger partial charge in [-0.3, -0.25) is 14.4 Å². The Bertz CT molecular complexity index is 1020. The van der Waals surface area contributed by atoms with Crippen molar-refractivity contribution in [3.8, 4) is 0 Å². The first-order valence-electron chi connectivity index (χ1n) is 13.1. The van der Waals surface area contributed by atoms with E-state index < -0.39 is 40.7 Å². The fraction of sp³-hybridized carbons (Fsp3) is 0.679. The van der Waals surface area contributed by atoms with Crippen molar-refractivity contribution in [3.05, 3.63) is 30.3 Å². The Labute approximate surface area is 214 Å². The van der Waals surface area contributed by atoms with Crippen LogP contribution in [0.15, 0.2) is 30.3 Å². The van der Waals surface area contributed by atoms with Crippen LogP contribution >= 0.6 is 0 Å². The molecule has 3 unspecified atom stereocenters. The first kappa shape index (κ1) is 26.6. The van der Waals surface area contributed by atoms with Gasteiger partial charge in [0.2, 0.25) is 17.7 Å². The van der Waals surface area contributed by atoms with Gasteiger partial charge in [0.1, 0.15) is 11.6 Å². The molecule has 8 atom stereocenters. The number of fused-ring (bicyclic) bond motifs is 1. The Morgan fingerprint density at radius 3 is 2.42 bits per heavy atom. The Morgan fingerprint density at radius 2 is 1.86 bits per heavy atom. The van der Waals surface area contributed by atoms with E-state index in [-0.39, 0.29) is 36.2 Å². The minimum Gasteiger partial charge on any atom is -0.394 e. The predicted molar refractivity (Wildman–Crippen MR) is 137 cm³/mol. The third kappa shape index (κ3) is 4.02. The summed E-state index contributed by atoms with van der Waals surface area (Å²) >= 11 is 0. The number of para-hydroxylation sites is 1. The van der Waals surface area contributed by atoms with Gasteiger partial charge < -0.3 is 25.4 Å². The third-order valence-electron chi connectivity index (χ3n) is 8.67. The molecule has 0 aliphatic carbocycles. The van der Waals surface area contributed by atoms with Crippen LogP contribution in [0.5, 0.6) is 0 Å². The summed E-state index contributed by atoms with van der Waals surface area (Å²) in [6.07, 6.45) is 1.22. The number of hydrogen-bond acceptors (Lipinski definition) is 5. The molecule has 4 rings (SSSR count). The Hall–Kier alpha value is -2.45. The van der Waals surface area contributed by atoms with Gasteiger partial charge in [-0.25, -0.2) is 0 Å². The molecule has 2 bridgehead atoms. The van der Waals surface area contributed by atoms with Crippen LogP contribution in [0.3, 0.4) is 0 Å². The van der Waals surface area contributed by atoms with E-state index in [2.05, 4.69) is 10.6 Å². The van der Waals surface area contributed by atoms with E-state index in [0.717, 1.165) is 6.42 Å². The van der Waals surface area contributed by atoms with Crippen LogP contribution in [0.1, 0.15) is 61.3 Å². The molecule has 3 saturated heterocycles. The molecule has 1 aromatic rings. The summed E-state index contributed by atoms with van der Waals surface area (Å²) in [5.74, 6) is -2.53. The molecule has 8 nitrogen and oxygen atoms in total. The monoisotopic (exact) mass is 499 g/mol. The van der Waals surface area contributed by atoms with Gasteiger partial charge in [-0.1, -0.05) is 45.4 Å². The van der Waals surface area contributed by atoms with Gasteiger partial charge in [0, 0.05) is 11.2 Å². The van der Waals surface area contributed by atoms with E-state index in [1.165, 1.54) is 0 Å². The van der Waals surface area contributed by atoms with E-state index in [0.29, 0.717) is 12.1 Å². The van der Waals surface area contributed by atoms with Crippen LogP contribution in [0, 0.1) is 23.7 Å². The molecule has 3 aliphatic heterocycles. The van der Waals surface area contributed by atoms with Crippen molar-refractivity contribution >= 4 is 23.4 Å². The lowest BCUT2D eigenvalue weighted by Crippen LogP contribution is -2.61. The summed E-state index contributed by atoms with van der Waals surface area (Å²) in [5, 5.41) is 16.4. The van der Waals surface area contributed by atoms with Crippen LogP contribution in [0.2, 0.25) is 0 Å². The van der Waals surface area contributed by atoms with Gasteiger partial charge in [0.15, 0.2) is 0 Å². The average molecular weight is 500 g/mol. The molecule has 3 amide bonds. The maximum absolute atomic E-state index is 14.3. The number of carbonyl (C=O) groups excluding carboxylic acids is 3. The van der Waals surface area contributed by atoms with Crippen LogP contribution in [-0.4, -0.2) is 63.2 Å². The summed E-state index contributed by atoms with van der Waals surface area (Å²) in [7, 11) is 0. The standard InChI is InChI=1S/C28H41N3O5/c1-8-16(2)19(15-32)31-22(24(34)30-26(4,5)6)28-14-17(3)27(7,36-28)20(21(28)25(31)35)23(33)29-18-12-10-9-11-13-18/h9-13,16-17,19-22,32H,8,14-15H2,1-7H3,(H,29,33)(H,30,34)/t16-,17?,19-,20-,21-,22?,27+,28?/m0/s1. The lowest BCUT2D eigenvalue weighted by Gasteiger charge is -2.40. The van der Waals surface area contributed by atoms with Gasteiger partial charge in [-0.2, -0.15) is 0 Å². The molecule has 8 heteroatoms. The van der Waals surface area contributed by atoms with Crippen molar-refractivity contribution in [1.82, 2.24) is 10.2 Å². The van der Waals surface area contributed by atoms with Crippen LogP contribution in [-0.2, 0) is 19.1 Å². The first-order valence-corrected chi connectivity index (χ1v) is 13.1. The highest BCUT2D eigenvalue weighted by Gasteiger charge is 2.80. The van der Waals surface area contributed by atoms with Crippen molar-refractivity contribution in [2.45, 2.75) is 90.1 Å². The quantitative estimate of drug-likeness (QED) is 0.535. The number of nitrogens with one attached hydrogen (secondary N) is 2. The highest BCUT2D eigenvalue weighted by molar-refractivity contribution is 6.02. The number of aliphatic hydroxyl groups excluding tert-OH is 1. The normalized spacial score (nSPS) is 34.9. The van der Waals surface area contributed by atoms with E-state index in [1.807, 2.05) is 66.7 Å². The molecular weight excluding hydrogens is 458 g/mol. The molecule has 0 saturated carbocycles. The number of rotatable bonds is 7. The number of ether oxygens (including phenoxy) is 1. The summed E-state index contributed by atoms with van der Waals surface area (Å²) in [4.78, 5) is 43.5. The average Bonchev–Trinajstić information content (AvgIpc) is 3.31. The Morgan fingerprint density at radius 1 is 1.22 bits per heavy atom. The summed E-state index contributed by atoms with van der Waals surface area (Å²) in [6.45, 7) is 13.3. The van der Waals surface area contributed by atoms with E-state index in [1.54, 1.807) is 17.0 Å². The SMILES string of the molecule is CC[C@H](C)[C@H](CO)N1C(=O)[C@@H]2[C@@H](C(=O)Nc3ccccc3)[C@]3(C)OC2(CC3C)C1C(=O)NC(C)(C)C. The lowest BCUT2D eigenvalue weighted by atomic mass is 9.62. The second kappa shape index (κ2) is 9.14. The zero-order chi connectivity index (χ0) is 26.6. The molecule has 0 radical (unpaired) electrons. The fourth-order valence-corrected chi connectivity index (χ4v) is 6.73. The summed E-state index contributed by atoms with van der Waals surface area (Å²) in [5.41, 5.74) is -1.91. The molecule has 0 aromatic heterocycles. The highest BCUT2D eigenvalue weighted by Crippen LogP contribution is 2.65. The topological polar surface area (TPSA) is 108 Å². The number of carbonyl (C=O) groups is 3. The van der Waals surface area contributed by atoms with E-state index in [9.17, 15) is 19.5 Å². The number of anilines is 1. The number of nitrogens with zero attached hydrogens (tertiary/aromatic N) is 1. The fourth-order valence-electron chi connectivity index (χ4n) is 6.73. The molecule has 3 heterocycles. The molecule has 3 fully saturated rings. The number of likely N-dealkylation sites (tertiary alicyclic amines) is 1. The van der Waals surface area contributed by atoms with Crippen LogP contribution in [0.4, 0.5) is 5.69 Å². The van der Waals surface area contributed by atoms with Gasteiger partial charge in [-0.15, -0.1) is 0 Å². The number of hydrogen-bond donors (Lipinski definition) is 3. The van der Waals surface area contributed by atoms with Gasteiger partial charge in [-0.05, 0) is 58.1 Å². The molecule has 3 N–H and O–H groups in total. The first-order chi connectivity index (χ1) is 16.8. The van der Waals surface area contributed by atoms with E-state index in [4.69, 9.17) is 4.74 Å². The molecule has 36 heavy (non-hydrogen) atoms. The molecule has 1 spiro atoms. The van der Waals surface area contributed by atoms with Crippen LogP contribution in [0.25, 0.3) is 0 Å². The minimum absolute atomic E-state index is 0.0408. The van der Waals surface area contributed by atoms with Crippen molar-refractivity contribution in [1.29, 1.82) is 0 Å². The van der Waals surface area contributed by atoms with E-state index >= 15 is 0 Å². The van der Waals surface area contributed by atoms with Gasteiger partial charge in [0.05, 0.1) is 30.1 Å². The largest absolute Gasteiger partial charge is 0.394 e.